The van der Waals surface area contributed by atoms with Crippen molar-refractivity contribution in [3.8, 4) is 11.5 Å². The van der Waals surface area contributed by atoms with Gasteiger partial charge >= 0.3 is 12.0 Å². The topological polar surface area (TPSA) is 117 Å². The number of carbonyl (C=O) groups excluding carboxylic acids is 3. The number of hydrogen-bond donors (Lipinski definition) is 2. The van der Waals surface area contributed by atoms with E-state index in [0.29, 0.717) is 42.4 Å². The van der Waals surface area contributed by atoms with Crippen molar-refractivity contribution in [2.75, 3.05) is 31.8 Å². The highest BCUT2D eigenvalue weighted by atomic mass is 32.2. The molecule has 3 N–H and O–H groups in total. The Bertz CT molecular complexity index is 652. The molecule has 2 amide bonds. The minimum atomic E-state index is -0.877. The molecule has 25 heavy (non-hydrogen) atoms. The normalized spacial score (nSPS) is 13.6. The standard InChI is InChI=1S/C16H20N2O6S/c1-25-7-4-11(18-16(17)21)15(20)24-9-12(19)10-2-3-13-14(8-10)23-6-5-22-13/h2-3,8,11H,4-7,9H2,1H3,(H3,17,18,21)/t11-/m1/s1. The number of ether oxygens (including phenoxy) is 3. The molecule has 1 aromatic rings. The van der Waals surface area contributed by atoms with Gasteiger partial charge in [-0.05, 0) is 36.6 Å². The van der Waals surface area contributed by atoms with Crippen molar-refractivity contribution in [3.63, 3.8) is 0 Å². The molecule has 0 aliphatic carbocycles. The van der Waals surface area contributed by atoms with Gasteiger partial charge in [0.1, 0.15) is 19.3 Å². The fraction of sp³-hybridized carbons (Fsp3) is 0.438. The molecular weight excluding hydrogens is 348 g/mol. The Morgan fingerprint density at radius 2 is 2.00 bits per heavy atom. The van der Waals surface area contributed by atoms with Gasteiger partial charge in [-0.2, -0.15) is 11.8 Å². The maximum Gasteiger partial charge on any atom is 0.329 e. The summed E-state index contributed by atoms with van der Waals surface area (Å²) >= 11 is 1.52. The summed E-state index contributed by atoms with van der Waals surface area (Å²) < 4.78 is 15.8. The molecule has 2 rings (SSSR count). The zero-order valence-electron chi connectivity index (χ0n) is 13.8. The van der Waals surface area contributed by atoms with Crippen LogP contribution in [0.2, 0.25) is 0 Å². The van der Waals surface area contributed by atoms with E-state index in [1.807, 2.05) is 6.26 Å². The van der Waals surface area contributed by atoms with Crippen molar-refractivity contribution in [1.29, 1.82) is 0 Å². The Morgan fingerprint density at radius 1 is 1.28 bits per heavy atom. The van der Waals surface area contributed by atoms with Crippen LogP contribution in [0.3, 0.4) is 0 Å². The quantitative estimate of drug-likeness (QED) is 0.519. The van der Waals surface area contributed by atoms with Gasteiger partial charge in [0, 0.05) is 5.56 Å². The average molecular weight is 368 g/mol. The Balaban J connectivity index is 1.93. The monoisotopic (exact) mass is 368 g/mol. The molecule has 1 aliphatic heterocycles. The van der Waals surface area contributed by atoms with Crippen molar-refractivity contribution in [1.82, 2.24) is 5.32 Å². The molecule has 0 bridgehead atoms. The van der Waals surface area contributed by atoms with Crippen molar-refractivity contribution in [2.45, 2.75) is 12.5 Å². The van der Waals surface area contributed by atoms with Crippen molar-refractivity contribution in [2.24, 2.45) is 5.73 Å². The minimum Gasteiger partial charge on any atom is -0.486 e. The molecule has 0 aromatic heterocycles. The van der Waals surface area contributed by atoms with Gasteiger partial charge in [0.05, 0.1) is 0 Å². The number of thioether (sulfide) groups is 1. The number of carbonyl (C=O) groups is 3. The fourth-order valence-electron chi connectivity index (χ4n) is 2.19. The number of amides is 2. The van der Waals surface area contributed by atoms with Gasteiger partial charge in [0.25, 0.3) is 0 Å². The number of nitrogens with one attached hydrogen (secondary N) is 1. The first kappa shape index (κ1) is 18.9. The van der Waals surface area contributed by atoms with E-state index in [1.165, 1.54) is 11.8 Å². The minimum absolute atomic E-state index is 0.348. The molecular formula is C16H20N2O6S. The summed E-state index contributed by atoms with van der Waals surface area (Å²) in [5.41, 5.74) is 5.41. The Hall–Kier alpha value is -2.42. The Labute approximate surface area is 149 Å². The summed E-state index contributed by atoms with van der Waals surface area (Å²) in [6.07, 6.45) is 2.24. The van der Waals surface area contributed by atoms with E-state index >= 15 is 0 Å². The summed E-state index contributed by atoms with van der Waals surface area (Å²) in [5.74, 6) is 0.613. The number of fused-ring (bicyclic) bond motifs is 1. The zero-order valence-corrected chi connectivity index (χ0v) is 14.6. The molecule has 8 nitrogen and oxygen atoms in total. The molecule has 0 unspecified atom stereocenters. The van der Waals surface area contributed by atoms with Crippen molar-refractivity contribution >= 4 is 29.5 Å². The number of rotatable bonds is 8. The molecule has 136 valence electrons. The molecule has 0 saturated carbocycles. The van der Waals surface area contributed by atoms with Crippen molar-refractivity contribution < 1.29 is 28.6 Å². The predicted molar refractivity (Wildman–Crippen MR) is 92.2 cm³/mol. The van der Waals surface area contributed by atoms with Crippen LogP contribution in [-0.4, -0.2) is 55.7 Å². The Kier molecular flexibility index (Phi) is 6.93. The smallest absolute Gasteiger partial charge is 0.329 e. The van der Waals surface area contributed by atoms with Crippen LogP contribution in [0, 0.1) is 0 Å². The lowest BCUT2D eigenvalue weighted by molar-refractivity contribution is -0.144. The lowest BCUT2D eigenvalue weighted by atomic mass is 10.1. The second-order valence-electron chi connectivity index (χ2n) is 5.23. The van der Waals surface area contributed by atoms with Crippen LogP contribution < -0.4 is 20.5 Å². The predicted octanol–water partition coefficient (Wildman–Crippen LogP) is 0.974. The van der Waals surface area contributed by atoms with E-state index in [-0.39, 0.29) is 5.78 Å². The van der Waals surface area contributed by atoms with Gasteiger partial charge in [0.2, 0.25) is 0 Å². The Morgan fingerprint density at radius 3 is 2.68 bits per heavy atom. The summed E-state index contributed by atoms with van der Waals surface area (Å²) in [6, 6.07) is 3.08. The van der Waals surface area contributed by atoms with Crippen molar-refractivity contribution in [3.05, 3.63) is 23.8 Å². The third-order valence-electron chi connectivity index (χ3n) is 3.42. The van der Waals surface area contributed by atoms with E-state index in [4.69, 9.17) is 19.9 Å². The van der Waals surface area contributed by atoms with Crippen LogP contribution in [0.1, 0.15) is 16.8 Å². The van der Waals surface area contributed by atoms with Gasteiger partial charge in [0.15, 0.2) is 23.9 Å². The molecule has 0 spiro atoms. The second-order valence-corrected chi connectivity index (χ2v) is 6.22. The lowest BCUT2D eigenvalue weighted by Crippen LogP contribution is -2.45. The number of hydrogen-bond acceptors (Lipinski definition) is 7. The lowest BCUT2D eigenvalue weighted by Gasteiger charge is -2.19. The summed E-state index contributed by atoms with van der Waals surface area (Å²) in [6.45, 7) is 0.437. The highest BCUT2D eigenvalue weighted by Gasteiger charge is 2.22. The largest absolute Gasteiger partial charge is 0.486 e. The molecule has 0 fully saturated rings. The highest BCUT2D eigenvalue weighted by molar-refractivity contribution is 7.98. The van der Waals surface area contributed by atoms with E-state index in [0.717, 1.165) is 0 Å². The zero-order chi connectivity index (χ0) is 18.2. The fourth-order valence-corrected chi connectivity index (χ4v) is 2.67. The van der Waals surface area contributed by atoms with E-state index < -0.39 is 24.6 Å². The first-order valence-electron chi connectivity index (χ1n) is 7.65. The molecule has 1 aromatic carbocycles. The van der Waals surface area contributed by atoms with Crippen LogP contribution >= 0.6 is 11.8 Å². The molecule has 9 heteroatoms. The maximum absolute atomic E-state index is 12.2. The number of nitrogens with two attached hydrogens (primary N) is 1. The molecule has 0 saturated heterocycles. The van der Waals surface area contributed by atoms with Gasteiger partial charge in [-0.3, -0.25) is 4.79 Å². The number of urea groups is 1. The molecule has 1 aliphatic rings. The summed E-state index contributed by atoms with van der Waals surface area (Å²) in [4.78, 5) is 35.2. The third kappa shape index (κ3) is 5.56. The number of esters is 1. The number of primary amides is 1. The van der Waals surface area contributed by atoms with Crippen LogP contribution in [0.25, 0.3) is 0 Å². The summed E-state index contributed by atoms with van der Waals surface area (Å²) in [5, 5.41) is 2.32. The molecule has 0 radical (unpaired) electrons. The maximum atomic E-state index is 12.2. The van der Waals surface area contributed by atoms with E-state index in [9.17, 15) is 14.4 Å². The number of benzene rings is 1. The highest BCUT2D eigenvalue weighted by Crippen LogP contribution is 2.30. The second kappa shape index (κ2) is 9.16. The van der Waals surface area contributed by atoms with Gasteiger partial charge < -0.3 is 25.3 Å². The van der Waals surface area contributed by atoms with Gasteiger partial charge in [-0.15, -0.1) is 0 Å². The first-order chi connectivity index (χ1) is 12.0. The number of ketones is 1. The third-order valence-corrected chi connectivity index (χ3v) is 4.07. The average Bonchev–Trinajstić information content (AvgIpc) is 2.62. The van der Waals surface area contributed by atoms with Gasteiger partial charge in [-0.1, -0.05) is 0 Å². The first-order valence-corrected chi connectivity index (χ1v) is 9.05. The van der Waals surface area contributed by atoms with Crippen LogP contribution in [0.5, 0.6) is 11.5 Å². The van der Waals surface area contributed by atoms with E-state index in [1.54, 1.807) is 18.2 Å². The molecule has 1 atom stereocenters. The van der Waals surface area contributed by atoms with Crippen LogP contribution in [-0.2, 0) is 9.53 Å². The van der Waals surface area contributed by atoms with Crippen LogP contribution in [0.15, 0.2) is 18.2 Å². The SMILES string of the molecule is CSCC[C@@H](NC(N)=O)C(=O)OCC(=O)c1ccc2c(c1)OCCO2. The molecule has 1 heterocycles. The number of Topliss-reactive ketones (excluding diaryl/α,β-unsaturated/α-hetero) is 1. The van der Waals surface area contributed by atoms with Crippen LogP contribution in [0.4, 0.5) is 4.79 Å². The van der Waals surface area contributed by atoms with Gasteiger partial charge in [-0.25, -0.2) is 9.59 Å². The summed E-state index contributed by atoms with van der Waals surface area (Å²) in [7, 11) is 0. The van der Waals surface area contributed by atoms with E-state index in [2.05, 4.69) is 5.32 Å².